The second-order valence-electron chi connectivity index (χ2n) is 14.4. The zero-order valence-electron chi connectivity index (χ0n) is 30.8. The van der Waals surface area contributed by atoms with Gasteiger partial charge in [-0.25, -0.2) is 4.79 Å². The van der Waals surface area contributed by atoms with Crippen LogP contribution in [-0.2, 0) is 14.2 Å². The average Bonchev–Trinajstić information content (AvgIpc) is 3.35. The lowest BCUT2D eigenvalue weighted by Gasteiger charge is -2.30. The van der Waals surface area contributed by atoms with Crippen LogP contribution in [0.1, 0.15) is 86.1 Å². The maximum atomic E-state index is 11.0. The van der Waals surface area contributed by atoms with Crippen molar-refractivity contribution in [2.75, 3.05) is 13.2 Å². The van der Waals surface area contributed by atoms with Crippen molar-refractivity contribution in [3.8, 4) is 17.2 Å². The molecule has 2 aromatic carbocycles. The molecule has 9 nitrogen and oxygen atoms in total. The predicted octanol–water partition coefficient (Wildman–Crippen LogP) is 9.91. The summed E-state index contributed by atoms with van der Waals surface area (Å²) in [6.07, 6.45) is 17.0. The lowest BCUT2D eigenvalue weighted by Crippen LogP contribution is -2.38. The number of rotatable bonds is 12. The van der Waals surface area contributed by atoms with Crippen molar-refractivity contribution in [1.29, 1.82) is 0 Å². The molecule has 51 heavy (non-hydrogen) atoms. The monoisotopic (exact) mass is 698 g/mol. The zero-order chi connectivity index (χ0) is 36.2. The summed E-state index contributed by atoms with van der Waals surface area (Å²) in [4.78, 5) is 11.0. The average molecular weight is 699 g/mol. The van der Waals surface area contributed by atoms with Gasteiger partial charge in [-0.05, 0) is 97.2 Å². The van der Waals surface area contributed by atoms with Crippen LogP contribution in [0.25, 0.3) is 28.0 Å². The zero-order valence-corrected chi connectivity index (χ0v) is 30.8. The van der Waals surface area contributed by atoms with Gasteiger partial charge in [0.1, 0.15) is 41.6 Å². The smallest absolute Gasteiger partial charge is 0.350 e. The Hall–Kier alpha value is -4.31. The number of hydrogen-bond donors (Lipinski definition) is 0. The molecule has 5 heterocycles. The van der Waals surface area contributed by atoms with Crippen molar-refractivity contribution in [3.63, 3.8) is 0 Å². The summed E-state index contributed by atoms with van der Waals surface area (Å²) in [5.41, 5.74) is 2.65. The van der Waals surface area contributed by atoms with E-state index >= 15 is 0 Å². The van der Waals surface area contributed by atoms with E-state index in [1.807, 2.05) is 55.5 Å². The van der Waals surface area contributed by atoms with Crippen LogP contribution in [0.3, 0.4) is 0 Å². The SMILES string of the molecule is C/C=C\COc1ccc2ccc(=O)oc2c1.CCCCC1OC2(C=Cc3c(cc4occc4c3OC/C=C(\C)CCC3OC3(C)C)O2)OC1(C)C. The van der Waals surface area contributed by atoms with Crippen LogP contribution in [0.4, 0.5) is 0 Å². The van der Waals surface area contributed by atoms with Crippen molar-refractivity contribution < 1.29 is 37.3 Å². The molecule has 3 atom stereocenters. The molecule has 0 aliphatic carbocycles. The molecular weight excluding hydrogens is 648 g/mol. The standard InChI is InChI=1S/C29H38O6.C13H12O3/c1-7-8-9-24-28(5,6)35-29(34-24)15-12-20-23(32-29)18-22-21(14-17-30-22)26(20)31-16-13-19(2)10-11-25-27(3,4)33-25;1-2-3-8-15-11-6-4-10-5-7-13(14)16-12(10)9-11/h12-15,17-18,24-25H,7-11,16H2,1-6H3;2-7,9H,8H2,1H3/b19-13+;3-2-. The molecule has 7 rings (SSSR count). The van der Waals surface area contributed by atoms with Gasteiger partial charge in [-0.1, -0.05) is 37.5 Å². The molecule has 2 saturated heterocycles. The van der Waals surface area contributed by atoms with E-state index in [1.165, 1.54) is 11.6 Å². The van der Waals surface area contributed by atoms with Crippen molar-refractivity contribution >= 4 is 28.0 Å². The fraction of sp³-hybridized carbons (Fsp3) is 0.452. The first kappa shape index (κ1) is 36.5. The van der Waals surface area contributed by atoms with E-state index in [0.717, 1.165) is 54.2 Å². The third-order valence-corrected chi connectivity index (χ3v) is 9.53. The molecule has 0 amide bonds. The van der Waals surface area contributed by atoms with Crippen molar-refractivity contribution in [1.82, 2.24) is 0 Å². The van der Waals surface area contributed by atoms with Crippen LogP contribution >= 0.6 is 0 Å². The molecule has 0 saturated carbocycles. The summed E-state index contributed by atoms with van der Waals surface area (Å²) in [6.45, 7) is 15.6. The number of furan rings is 1. The molecule has 2 fully saturated rings. The first-order chi connectivity index (χ1) is 24.4. The summed E-state index contributed by atoms with van der Waals surface area (Å²) < 4.78 is 47.3. The molecule has 1 spiro atoms. The van der Waals surface area contributed by atoms with Gasteiger partial charge in [0.15, 0.2) is 0 Å². The van der Waals surface area contributed by atoms with E-state index in [0.29, 0.717) is 42.0 Å². The van der Waals surface area contributed by atoms with Crippen LogP contribution in [0.5, 0.6) is 17.2 Å². The Morgan fingerprint density at radius 2 is 1.71 bits per heavy atom. The van der Waals surface area contributed by atoms with Gasteiger partial charge in [-0.3, -0.25) is 0 Å². The number of unbranched alkanes of at least 4 members (excludes halogenated alkanes) is 1. The maximum Gasteiger partial charge on any atom is 0.350 e. The highest BCUT2D eigenvalue weighted by Crippen LogP contribution is 2.48. The third-order valence-electron chi connectivity index (χ3n) is 9.53. The summed E-state index contributed by atoms with van der Waals surface area (Å²) in [7, 11) is 0. The Morgan fingerprint density at radius 1 is 0.922 bits per heavy atom. The van der Waals surface area contributed by atoms with Crippen molar-refractivity contribution in [3.05, 3.63) is 94.6 Å². The second kappa shape index (κ2) is 15.1. The van der Waals surface area contributed by atoms with Gasteiger partial charge in [0.05, 0.1) is 40.6 Å². The van der Waals surface area contributed by atoms with Crippen molar-refractivity contribution in [2.45, 2.75) is 110 Å². The fourth-order valence-electron chi connectivity index (χ4n) is 6.39. The minimum absolute atomic E-state index is 0.0362. The van der Waals surface area contributed by atoms with E-state index in [9.17, 15) is 4.79 Å². The molecule has 2 aromatic heterocycles. The highest BCUT2D eigenvalue weighted by Gasteiger charge is 2.54. The lowest BCUT2D eigenvalue weighted by molar-refractivity contribution is -0.270. The third kappa shape index (κ3) is 8.60. The first-order valence-corrected chi connectivity index (χ1v) is 18.0. The Labute approximate surface area is 299 Å². The van der Waals surface area contributed by atoms with Gasteiger partial charge < -0.3 is 37.3 Å². The lowest BCUT2D eigenvalue weighted by atomic mass is 9.97. The number of ether oxygens (including phenoxy) is 6. The highest BCUT2D eigenvalue weighted by molar-refractivity contribution is 5.91. The minimum atomic E-state index is -1.23. The Morgan fingerprint density at radius 3 is 2.47 bits per heavy atom. The van der Waals surface area contributed by atoms with Gasteiger partial charge >= 0.3 is 11.6 Å². The topological polar surface area (TPSA) is 102 Å². The molecule has 3 unspecified atom stereocenters. The number of allylic oxidation sites excluding steroid dienone is 2. The summed E-state index contributed by atoms with van der Waals surface area (Å²) in [5.74, 6) is 0.834. The van der Waals surface area contributed by atoms with Gasteiger partial charge in [0.2, 0.25) is 0 Å². The number of hydrogen-bond acceptors (Lipinski definition) is 9. The van der Waals surface area contributed by atoms with E-state index in [-0.39, 0.29) is 17.3 Å². The fourth-order valence-corrected chi connectivity index (χ4v) is 6.39. The molecule has 0 bridgehead atoms. The largest absolute Gasteiger partial charge is 0.489 e. The highest BCUT2D eigenvalue weighted by atomic mass is 16.9. The summed E-state index contributed by atoms with van der Waals surface area (Å²) in [6, 6.07) is 12.4. The van der Waals surface area contributed by atoms with E-state index < -0.39 is 11.6 Å². The van der Waals surface area contributed by atoms with Gasteiger partial charge in [-0.15, -0.1) is 0 Å². The van der Waals surface area contributed by atoms with Crippen LogP contribution in [0.15, 0.2) is 92.2 Å². The predicted molar refractivity (Wildman–Crippen MR) is 198 cm³/mol. The van der Waals surface area contributed by atoms with Crippen molar-refractivity contribution in [2.24, 2.45) is 0 Å². The molecule has 3 aliphatic heterocycles. The molecule has 4 aromatic rings. The van der Waals surface area contributed by atoms with Crippen LogP contribution in [-0.4, -0.2) is 42.6 Å². The molecular formula is C42H50O9. The Kier molecular flexibility index (Phi) is 10.8. The summed E-state index contributed by atoms with van der Waals surface area (Å²) >= 11 is 0. The molecule has 272 valence electrons. The maximum absolute atomic E-state index is 11.0. The normalized spacial score (nSPS) is 22.9. The number of fused-ring (bicyclic) bond motifs is 3. The Bertz CT molecular complexity index is 1980. The van der Waals surface area contributed by atoms with Crippen LogP contribution < -0.4 is 19.8 Å². The van der Waals surface area contributed by atoms with Gasteiger partial charge in [0.25, 0.3) is 0 Å². The second-order valence-corrected chi connectivity index (χ2v) is 14.4. The molecule has 0 N–H and O–H groups in total. The first-order valence-electron chi connectivity index (χ1n) is 18.0. The molecule has 9 heteroatoms. The summed E-state index contributed by atoms with van der Waals surface area (Å²) in [5, 5.41) is 1.81. The number of benzene rings is 2. The number of epoxide rings is 1. The minimum Gasteiger partial charge on any atom is -0.489 e. The van der Waals surface area contributed by atoms with E-state index in [2.05, 4.69) is 47.6 Å². The van der Waals surface area contributed by atoms with E-state index in [1.54, 1.807) is 18.4 Å². The van der Waals surface area contributed by atoms with E-state index in [4.69, 9.17) is 37.3 Å². The van der Waals surface area contributed by atoms with Crippen LogP contribution in [0.2, 0.25) is 0 Å². The van der Waals surface area contributed by atoms with Gasteiger partial charge in [-0.2, -0.15) is 0 Å². The van der Waals surface area contributed by atoms with Crippen LogP contribution in [0, 0.1) is 0 Å². The molecule has 3 aliphatic rings. The van der Waals surface area contributed by atoms with Gasteiger partial charge in [0, 0.05) is 29.7 Å². The quantitative estimate of drug-likeness (QED) is 0.0813. The molecule has 0 radical (unpaired) electrons. The Balaban J connectivity index is 0.000000234.